The van der Waals surface area contributed by atoms with E-state index in [1.807, 2.05) is 16.0 Å². The largest absolute Gasteiger partial charge is 0.481 e. The van der Waals surface area contributed by atoms with Crippen molar-refractivity contribution in [2.75, 3.05) is 32.0 Å². The highest BCUT2D eigenvalue weighted by Crippen LogP contribution is 2.22. The van der Waals surface area contributed by atoms with E-state index in [1.54, 1.807) is 30.5 Å². The number of aliphatic carboxylic acids is 4. The number of Topliss-reactive ketones (excluding diaryl/α,β-unsaturated/α-hetero) is 1. The van der Waals surface area contributed by atoms with Gasteiger partial charge in [-0.15, -0.1) is 0 Å². The first kappa shape index (κ1) is 97.0. The number of unbranched alkanes of at least 4 members (excludes halogenated alkanes) is 6. The third-order valence-corrected chi connectivity index (χ3v) is 18.2. The van der Waals surface area contributed by atoms with Gasteiger partial charge in [-0.3, -0.25) is 96.5 Å². The molecule has 4 rings (SSSR count). The number of ether oxygens (including phenoxy) is 1. The number of nitrogens with one attached hydrogen (secondary N) is 16. The fourth-order valence-corrected chi connectivity index (χ4v) is 11.9. The van der Waals surface area contributed by atoms with Crippen molar-refractivity contribution in [3.8, 4) is 0 Å². The number of carboxylic acid groups (broad SMARTS) is 4. The first-order valence-electron chi connectivity index (χ1n) is 37.6. The molecule has 0 saturated carbocycles. The van der Waals surface area contributed by atoms with Crippen LogP contribution in [0, 0.1) is 11.3 Å². The lowest BCUT2D eigenvalue weighted by Crippen LogP contribution is -2.62. The van der Waals surface area contributed by atoms with Gasteiger partial charge in [0.2, 0.25) is 82.7 Å². The van der Waals surface area contributed by atoms with Crippen molar-refractivity contribution in [3.05, 3.63) is 65.9 Å². The maximum absolute atomic E-state index is 14.9. The van der Waals surface area contributed by atoms with Crippen molar-refractivity contribution in [2.24, 2.45) is 17.4 Å². The lowest BCUT2D eigenvalue weighted by Gasteiger charge is -2.30. The van der Waals surface area contributed by atoms with Crippen molar-refractivity contribution in [1.29, 1.82) is 5.41 Å². The molecule has 646 valence electrons. The molecule has 3 aromatic rings. The van der Waals surface area contributed by atoms with Gasteiger partial charge in [-0.2, -0.15) is 0 Å². The van der Waals surface area contributed by atoms with Gasteiger partial charge in [0.25, 0.3) is 0 Å². The van der Waals surface area contributed by atoms with Gasteiger partial charge in [0.15, 0.2) is 11.7 Å². The highest BCUT2D eigenvalue weighted by atomic mass is 16.5. The van der Waals surface area contributed by atoms with Crippen LogP contribution in [0.15, 0.2) is 54.7 Å². The third-order valence-electron chi connectivity index (χ3n) is 18.2. The summed E-state index contributed by atoms with van der Waals surface area (Å²) in [4.78, 5) is 277. The lowest BCUT2D eigenvalue weighted by atomic mass is 9.96. The molecule has 1 fully saturated rings. The second kappa shape index (κ2) is 48.7. The van der Waals surface area contributed by atoms with Crippen LogP contribution in [0.5, 0.6) is 0 Å². The zero-order valence-electron chi connectivity index (χ0n) is 65.1. The Balaban J connectivity index is 1.90. The second-order valence-electron chi connectivity index (χ2n) is 27.8. The number of H-pyrrole nitrogens is 1. The number of fused-ring (bicyclic) bond motifs is 1. The van der Waals surface area contributed by atoms with E-state index in [0.29, 0.717) is 29.3 Å². The summed E-state index contributed by atoms with van der Waals surface area (Å²) < 4.78 is 5.69. The molecule has 1 aromatic heterocycles. The minimum absolute atomic E-state index is 0.0257. The molecule has 0 bridgehead atoms. The number of guanidine groups is 1. The molecule has 1 aliphatic rings. The SMILES string of the molecule is CCCCCCCCCC(=O)N[C@@H](Cc1c[nH]c2ccccc12)C(=O)N[C@@H](CC(N)=O)C(=O)N[C@@H](CC(=O)O)C(=O)N[C@@H]1C(=O)NCC(=O)N[C@@H](CCCNC(=N)N)C(=O)N[C@@H](CC(=O)O)C(=O)N[C@H](C)C(=O)N[C@@H](CC(=O)O)C(=O)NCC(=O)N[C@H](CO)C(=O)N[C@@H]([C@@H](C)CC(=O)O)C(=O)N[C@@H](CC(=O)c2ccccc2N)C(=O)O[C@@H]1C. The summed E-state index contributed by atoms with van der Waals surface area (Å²) in [5.74, 6) is -30.6. The van der Waals surface area contributed by atoms with E-state index in [4.69, 9.17) is 27.3 Å². The van der Waals surface area contributed by atoms with Gasteiger partial charge in [-0.05, 0) is 62.8 Å². The number of aliphatic hydroxyl groups excluding tert-OH is 1. The van der Waals surface area contributed by atoms with Crippen LogP contribution in [-0.4, -0.2) is 254 Å². The fraction of sp³-hybridized carbons (Fsp3) is 0.521. The Morgan fingerprint density at radius 3 is 1.70 bits per heavy atom. The Kier molecular flexibility index (Phi) is 40.1. The molecule has 13 atom stereocenters. The quantitative estimate of drug-likeness (QED) is 0.00643. The number of rotatable bonds is 36. The second-order valence-corrected chi connectivity index (χ2v) is 27.8. The Bertz CT molecular complexity index is 4170. The number of esters is 1. The number of cyclic esters (lactones) is 1. The maximum Gasteiger partial charge on any atom is 0.329 e. The van der Waals surface area contributed by atoms with Gasteiger partial charge >= 0.3 is 29.8 Å². The van der Waals surface area contributed by atoms with Gasteiger partial charge in [0, 0.05) is 54.2 Å². The lowest BCUT2D eigenvalue weighted by molar-refractivity contribution is -0.156. The third kappa shape index (κ3) is 33.6. The van der Waals surface area contributed by atoms with Crippen molar-refractivity contribution < 1.29 is 126 Å². The van der Waals surface area contributed by atoms with E-state index in [2.05, 4.69) is 70.4 Å². The van der Waals surface area contributed by atoms with Crippen LogP contribution in [0.3, 0.4) is 0 Å². The van der Waals surface area contributed by atoms with Crippen LogP contribution in [0.2, 0.25) is 0 Å². The number of carboxylic acids is 4. The Morgan fingerprint density at radius 2 is 1.10 bits per heavy atom. The summed E-state index contributed by atoms with van der Waals surface area (Å²) >= 11 is 0. The summed E-state index contributed by atoms with van der Waals surface area (Å²) in [6.45, 7) is 1.00. The zero-order chi connectivity index (χ0) is 88.0. The summed E-state index contributed by atoms with van der Waals surface area (Å²) in [6, 6.07) is -10.9. The molecule has 45 heteroatoms. The minimum atomic E-state index is -2.48. The molecule has 118 heavy (non-hydrogen) atoms. The summed E-state index contributed by atoms with van der Waals surface area (Å²) in [5.41, 5.74) is 17.8. The smallest absolute Gasteiger partial charge is 0.329 e. The van der Waals surface area contributed by atoms with Crippen LogP contribution < -0.4 is 91.6 Å². The summed E-state index contributed by atoms with van der Waals surface area (Å²) in [7, 11) is 0. The monoisotopic (exact) mass is 1660 g/mol. The molecular weight excluding hydrogens is 1560 g/mol. The highest BCUT2D eigenvalue weighted by Gasteiger charge is 2.41. The van der Waals surface area contributed by atoms with Crippen molar-refractivity contribution >= 4 is 141 Å². The first-order chi connectivity index (χ1) is 55.7. The van der Waals surface area contributed by atoms with E-state index in [9.17, 15) is 121 Å². The number of anilines is 1. The number of hydrogen-bond donors (Lipinski definition) is 24. The Labute approximate surface area is 674 Å². The van der Waals surface area contributed by atoms with Crippen molar-refractivity contribution in [1.82, 2.24) is 79.4 Å². The van der Waals surface area contributed by atoms with Crippen molar-refractivity contribution in [2.45, 2.75) is 209 Å². The number of ketones is 1. The van der Waals surface area contributed by atoms with Crippen LogP contribution >= 0.6 is 0 Å². The molecule has 27 N–H and O–H groups in total. The molecule has 0 unspecified atom stereocenters. The normalized spacial score (nSPS) is 20.9. The number of hydrogen-bond acceptors (Lipinski definition) is 24. The Morgan fingerprint density at radius 1 is 0.559 bits per heavy atom. The van der Waals surface area contributed by atoms with E-state index < -0.39 is 267 Å². The van der Waals surface area contributed by atoms with Crippen LogP contribution in [0.1, 0.15) is 146 Å². The standard InChI is InChI=1S/C73H103N19O26/c1-5-6-7-8-9-10-11-22-53(96)84-44(25-38-31-79-42-20-15-13-17-39(38)42)66(111)87-45(27-52(75)95)67(112)89-48(30-59(105)106)68(113)92-61-37(4)118-72(117)49(26-51(94)40-18-12-14-19-41(40)74)90-71(116)60(35(2)24-56(99)100)91-69(114)50(34-93)85-55(98)32-80-63(108)46(28-57(101)102)86-62(107)36(3)82-65(110)47(29-58(103)104)88-64(109)43(21-16-23-78-73(76)77)83-54(97)33-81-70(61)115/h12-15,17-20,31,35-37,43-50,60-61,79,93H,5-11,16,21-30,32-34,74H2,1-4H3,(H2,75,95)(H,80,108)(H,81,115)(H,82,110)(H,83,97)(H,84,96)(H,85,98)(H,86,107)(H,87,111)(H,88,109)(H,89,112)(H,90,116)(H,91,114)(H,92,113)(H,99,100)(H,101,102)(H,103,104)(H,105,106)(H4,76,77,78)/t35-,36+,37+,43-,44-,45-,46-,47-,48-,49-,50+,60-,61-/m0/s1. The Hall–Kier alpha value is -13.4. The van der Waals surface area contributed by atoms with Gasteiger partial charge in [0.1, 0.15) is 72.6 Å². The van der Waals surface area contributed by atoms with E-state index in [-0.39, 0.29) is 37.1 Å². The van der Waals surface area contributed by atoms with E-state index in [0.717, 1.165) is 52.9 Å². The molecule has 45 nitrogen and oxygen atoms in total. The number of carbonyl (C=O) groups excluding carboxylic acids is 16. The molecular formula is C73H103N19O26. The molecule has 1 aliphatic heterocycles. The van der Waals surface area contributed by atoms with Crippen molar-refractivity contribution in [3.63, 3.8) is 0 Å². The van der Waals surface area contributed by atoms with Gasteiger partial charge < -0.3 is 127 Å². The minimum Gasteiger partial charge on any atom is -0.481 e. The maximum atomic E-state index is 14.9. The molecule has 1 saturated heterocycles. The number of amides is 14. The van der Waals surface area contributed by atoms with E-state index >= 15 is 0 Å². The molecule has 2 aromatic carbocycles. The number of nitrogen functional groups attached to an aromatic ring is 1. The molecule has 14 amide bonds. The molecule has 0 spiro atoms. The topological polar surface area (TPSA) is 738 Å². The number of aromatic nitrogens is 1. The number of aromatic amines is 1. The first-order valence-corrected chi connectivity index (χ1v) is 37.6. The number of para-hydroxylation sites is 2. The number of primary amides is 1. The molecule has 2 heterocycles. The van der Waals surface area contributed by atoms with Gasteiger partial charge in [-0.1, -0.05) is 82.7 Å². The van der Waals surface area contributed by atoms with Crippen LogP contribution in [0.4, 0.5) is 5.69 Å². The zero-order valence-corrected chi connectivity index (χ0v) is 65.1. The average Bonchev–Trinajstić information content (AvgIpc) is 1.59. The highest BCUT2D eigenvalue weighted by molar-refractivity contribution is 6.05. The predicted molar refractivity (Wildman–Crippen MR) is 411 cm³/mol. The number of benzene rings is 2. The van der Waals surface area contributed by atoms with Crippen LogP contribution in [0.25, 0.3) is 10.9 Å². The molecule has 0 radical (unpaired) electrons. The van der Waals surface area contributed by atoms with Gasteiger partial charge in [-0.25, -0.2) is 4.79 Å². The number of carbonyl (C=O) groups is 20. The van der Waals surface area contributed by atoms with Gasteiger partial charge in [0.05, 0.1) is 51.8 Å². The number of aliphatic hydroxyl groups is 1. The fourth-order valence-electron chi connectivity index (χ4n) is 11.9. The number of nitrogens with two attached hydrogens (primary N) is 3. The van der Waals surface area contributed by atoms with Crippen LogP contribution in [-0.2, 0) is 102 Å². The summed E-state index contributed by atoms with van der Waals surface area (Å²) in [5, 5.41) is 88.7. The average molecular weight is 1660 g/mol. The summed E-state index contributed by atoms with van der Waals surface area (Å²) in [6.07, 6.45) is -2.67. The predicted octanol–water partition coefficient (Wildman–Crippen LogP) is -6.10. The molecule has 0 aliphatic carbocycles. The van der Waals surface area contributed by atoms with E-state index in [1.165, 1.54) is 24.3 Å².